The van der Waals surface area contributed by atoms with Crippen molar-refractivity contribution in [2.24, 2.45) is 23.2 Å². The van der Waals surface area contributed by atoms with Gasteiger partial charge in [-0.1, -0.05) is 20.8 Å². The van der Waals surface area contributed by atoms with Crippen molar-refractivity contribution in [3.63, 3.8) is 0 Å². The monoisotopic (exact) mass is 154 g/mol. The van der Waals surface area contributed by atoms with E-state index in [2.05, 4.69) is 20.8 Å². The van der Waals surface area contributed by atoms with Crippen molar-refractivity contribution >= 4 is 0 Å². The zero-order valence-electron chi connectivity index (χ0n) is 7.67. The maximum absolute atomic E-state index is 9.82. The molecule has 2 fully saturated rings. The standard InChI is InChI=1S/C10H18O/c1-6-4-5-7-8(9(6)11)10(7,2)3/h6-9,11H,4-5H2,1-3H3/t6?,7-,8-,9-/m1/s1. The molecule has 2 aliphatic carbocycles. The maximum atomic E-state index is 9.82. The van der Waals surface area contributed by atoms with Crippen molar-refractivity contribution in [2.75, 3.05) is 0 Å². The number of hydrogen-bond donors (Lipinski definition) is 1. The van der Waals surface area contributed by atoms with Gasteiger partial charge in [0.2, 0.25) is 0 Å². The summed E-state index contributed by atoms with van der Waals surface area (Å²) in [6.07, 6.45) is 2.56. The molecule has 2 aliphatic rings. The summed E-state index contributed by atoms with van der Waals surface area (Å²) < 4.78 is 0. The van der Waals surface area contributed by atoms with Crippen LogP contribution in [0.15, 0.2) is 0 Å². The fourth-order valence-corrected chi connectivity index (χ4v) is 2.98. The molecular formula is C10H18O. The first-order valence-corrected chi connectivity index (χ1v) is 4.73. The van der Waals surface area contributed by atoms with Gasteiger partial charge in [-0.2, -0.15) is 0 Å². The molecule has 4 atom stereocenters. The predicted molar refractivity (Wildman–Crippen MR) is 45.2 cm³/mol. The Morgan fingerprint density at radius 3 is 2.45 bits per heavy atom. The molecule has 0 radical (unpaired) electrons. The minimum atomic E-state index is -0.0104. The molecule has 2 saturated carbocycles. The molecule has 0 aromatic carbocycles. The lowest BCUT2D eigenvalue weighted by molar-refractivity contribution is 0.0612. The first kappa shape index (κ1) is 7.60. The second-order valence-corrected chi connectivity index (χ2v) is 5.00. The maximum Gasteiger partial charge on any atom is 0.0601 e. The molecule has 0 spiro atoms. The van der Waals surface area contributed by atoms with Crippen LogP contribution in [0.3, 0.4) is 0 Å². The van der Waals surface area contributed by atoms with Gasteiger partial charge in [0, 0.05) is 0 Å². The van der Waals surface area contributed by atoms with Crippen LogP contribution in [0.5, 0.6) is 0 Å². The van der Waals surface area contributed by atoms with Crippen molar-refractivity contribution in [3.8, 4) is 0 Å². The number of hydrogen-bond acceptors (Lipinski definition) is 1. The highest BCUT2D eigenvalue weighted by Crippen LogP contribution is 2.65. The summed E-state index contributed by atoms with van der Waals surface area (Å²) in [4.78, 5) is 0. The predicted octanol–water partition coefficient (Wildman–Crippen LogP) is 2.05. The molecule has 0 aromatic rings. The van der Waals surface area contributed by atoms with Crippen LogP contribution in [-0.4, -0.2) is 11.2 Å². The Morgan fingerprint density at radius 2 is 1.91 bits per heavy atom. The summed E-state index contributed by atoms with van der Waals surface area (Å²) >= 11 is 0. The van der Waals surface area contributed by atoms with E-state index in [1.807, 2.05) is 0 Å². The third kappa shape index (κ3) is 0.868. The van der Waals surface area contributed by atoms with Crippen molar-refractivity contribution in [1.82, 2.24) is 0 Å². The number of fused-ring (bicyclic) bond motifs is 1. The van der Waals surface area contributed by atoms with Crippen molar-refractivity contribution in [3.05, 3.63) is 0 Å². The molecular weight excluding hydrogens is 136 g/mol. The molecule has 2 rings (SSSR count). The highest BCUT2D eigenvalue weighted by atomic mass is 16.3. The van der Waals surface area contributed by atoms with Gasteiger partial charge in [0.05, 0.1) is 6.10 Å². The Labute approximate surface area is 68.8 Å². The largest absolute Gasteiger partial charge is 0.393 e. The van der Waals surface area contributed by atoms with Crippen LogP contribution in [-0.2, 0) is 0 Å². The smallest absolute Gasteiger partial charge is 0.0601 e. The lowest BCUT2D eigenvalue weighted by atomic mass is 9.88. The van der Waals surface area contributed by atoms with E-state index in [4.69, 9.17) is 0 Å². The topological polar surface area (TPSA) is 20.2 Å². The van der Waals surface area contributed by atoms with Crippen LogP contribution in [0.4, 0.5) is 0 Å². The van der Waals surface area contributed by atoms with E-state index in [1.165, 1.54) is 12.8 Å². The van der Waals surface area contributed by atoms with Gasteiger partial charge in [-0.3, -0.25) is 0 Å². The van der Waals surface area contributed by atoms with E-state index in [-0.39, 0.29) is 6.10 Å². The van der Waals surface area contributed by atoms with E-state index < -0.39 is 0 Å². The second-order valence-electron chi connectivity index (χ2n) is 5.00. The molecule has 1 heteroatoms. The Hall–Kier alpha value is -0.0400. The summed E-state index contributed by atoms with van der Waals surface area (Å²) in [6.45, 7) is 6.77. The summed E-state index contributed by atoms with van der Waals surface area (Å²) in [7, 11) is 0. The van der Waals surface area contributed by atoms with E-state index in [9.17, 15) is 5.11 Å². The fourth-order valence-electron chi connectivity index (χ4n) is 2.98. The molecule has 11 heavy (non-hydrogen) atoms. The van der Waals surface area contributed by atoms with Gasteiger partial charge < -0.3 is 5.11 Å². The van der Waals surface area contributed by atoms with Gasteiger partial charge in [0.15, 0.2) is 0 Å². The SMILES string of the molecule is CC1CC[C@@H]2[C@H]([C@@H]1O)C2(C)C. The summed E-state index contributed by atoms with van der Waals surface area (Å²) in [5, 5.41) is 9.82. The third-order valence-corrected chi connectivity index (χ3v) is 4.02. The van der Waals surface area contributed by atoms with Gasteiger partial charge in [-0.15, -0.1) is 0 Å². The van der Waals surface area contributed by atoms with Crippen molar-refractivity contribution in [2.45, 2.75) is 39.7 Å². The van der Waals surface area contributed by atoms with E-state index >= 15 is 0 Å². The Kier molecular flexibility index (Phi) is 1.39. The second kappa shape index (κ2) is 2.01. The molecule has 1 nitrogen and oxygen atoms in total. The van der Waals surface area contributed by atoms with Crippen LogP contribution in [0.25, 0.3) is 0 Å². The molecule has 0 saturated heterocycles. The van der Waals surface area contributed by atoms with Crippen LogP contribution in [0.1, 0.15) is 33.6 Å². The van der Waals surface area contributed by atoms with Crippen LogP contribution >= 0.6 is 0 Å². The average molecular weight is 154 g/mol. The quantitative estimate of drug-likeness (QED) is 0.566. The van der Waals surface area contributed by atoms with Crippen molar-refractivity contribution in [1.29, 1.82) is 0 Å². The molecule has 1 unspecified atom stereocenters. The Bertz CT molecular complexity index is 174. The summed E-state index contributed by atoms with van der Waals surface area (Å²) in [6, 6.07) is 0. The molecule has 0 aliphatic heterocycles. The highest BCUT2D eigenvalue weighted by molar-refractivity contribution is 5.11. The lowest BCUT2D eigenvalue weighted by Gasteiger charge is -2.23. The average Bonchev–Trinajstić information content (AvgIpc) is 2.46. The number of rotatable bonds is 0. The fraction of sp³-hybridized carbons (Fsp3) is 1.00. The molecule has 64 valence electrons. The van der Waals surface area contributed by atoms with Gasteiger partial charge >= 0.3 is 0 Å². The number of aliphatic hydroxyl groups excluding tert-OH is 1. The van der Waals surface area contributed by atoms with Gasteiger partial charge in [0.25, 0.3) is 0 Å². The van der Waals surface area contributed by atoms with Crippen LogP contribution < -0.4 is 0 Å². The van der Waals surface area contributed by atoms with Gasteiger partial charge in [-0.05, 0) is 36.0 Å². The van der Waals surface area contributed by atoms with E-state index in [0.717, 1.165) is 5.92 Å². The number of aliphatic hydroxyl groups is 1. The molecule has 0 bridgehead atoms. The lowest BCUT2D eigenvalue weighted by Crippen LogP contribution is -2.25. The van der Waals surface area contributed by atoms with E-state index in [1.54, 1.807) is 0 Å². The molecule has 0 heterocycles. The highest BCUT2D eigenvalue weighted by Gasteiger charge is 2.62. The van der Waals surface area contributed by atoms with Crippen LogP contribution in [0, 0.1) is 23.2 Å². The minimum Gasteiger partial charge on any atom is -0.393 e. The summed E-state index contributed by atoms with van der Waals surface area (Å²) in [5.74, 6) is 1.98. The first-order chi connectivity index (χ1) is 5.05. The zero-order valence-corrected chi connectivity index (χ0v) is 7.67. The normalized spacial score (nSPS) is 53.5. The van der Waals surface area contributed by atoms with Gasteiger partial charge in [-0.25, -0.2) is 0 Å². The molecule has 0 aromatic heterocycles. The van der Waals surface area contributed by atoms with Gasteiger partial charge in [0.1, 0.15) is 0 Å². The Morgan fingerprint density at radius 1 is 1.27 bits per heavy atom. The third-order valence-electron chi connectivity index (χ3n) is 4.02. The Balaban J connectivity index is 2.12. The molecule has 1 N–H and O–H groups in total. The van der Waals surface area contributed by atoms with Crippen molar-refractivity contribution < 1.29 is 5.11 Å². The molecule has 0 amide bonds. The van der Waals surface area contributed by atoms with E-state index in [0.29, 0.717) is 17.3 Å². The zero-order chi connectivity index (χ0) is 8.22. The van der Waals surface area contributed by atoms with Crippen LogP contribution in [0.2, 0.25) is 0 Å². The minimum absolute atomic E-state index is 0.0104. The first-order valence-electron chi connectivity index (χ1n) is 4.73. The summed E-state index contributed by atoms with van der Waals surface area (Å²) in [5.41, 5.74) is 0.449.